The summed E-state index contributed by atoms with van der Waals surface area (Å²) in [6.07, 6.45) is 0. The van der Waals surface area contributed by atoms with E-state index in [9.17, 15) is 0 Å². The molecule has 4 heteroatoms. The first kappa shape index (κ1) is 33.0. The van der Waals surface area contributed by atoms with Crippen LogP contribution in [0.15, 0.2) is 206 Å². The molecule has 0 aliphatic heterocycles. The lowest BCUT2D eigenvalue weighted by Gasteiger charge is -2.14. The summed E-state index contributed by atoms with van der Waals surface area (Å²) in [5.74, 6) is 1.93. The van der Waals surface area contributed by atoms with Crippen LogP contribution in [0.5, 0.6) is 0 Å². The summed E-state index contributed by atoms with van der Waals surface area (Å²) < 4.78 is 0. The molecule has 0 aliphatic carbocycles. The van der Waals surface area contributed by atoms with E-state index in [2.05, 4.69) is 140 Å². The van der Waals surface area contributed by atoms with Crippen molar-refractivity contribution in [1.29, 1.82) is 0 Å². The molecule has 10 aromatic rings. The number of hydrogen-bond donors (Lipinski definition) is 0. The van der Waals surface area contributed by atoms with Crippen molar-refractivity contribution in [2.75, 3.05) is 0 Å². The highest BCUT2D eigenvalue weighted by molar-refractivity contribution is 6.14. The highest BCUT2D eigenvalue weighted by Gasteiger charge is 2.15. The van der Waals surface area contributed by atoms with Crippen LogP contribution in [0, 0.1) is 0 Å². The molecule has 0 unspecified atom stereocenters. The second-order valence-corrected chi connectivity index (χ2v) is 13.9. The van der Waals surface area contributed by atoms with Crippen molar-refractivity contribution in [2.24, 2.45) is 0 Å². The second-order valence-electron chi connectivity index (χ2n) is 13.9. The van der Waals surface area contributed by atoms with Crippen molar-refractivity contribution in [3.05, 3.63) is 206 Å². The standard InChI is InChI=1S/C52H34N4/c1-5-15-35(16-6-1)46-34-48(36-17-7-2-8-18-36)53-47-30-28-43-32-42(27-29-45(43)49(46)47)40-24-13-23-39(31-40)41-25-14-26-44(33-41)52-55-50(37-19-9-3-10-20-37)54-51(56-52)38-21-11-4-12-22-38/h1-34H. The molecular formula is C52H34N4. The van der Waals surface area contributed by atoms with Gasteiger partial charge >= 0.3 is 0 Å². The molecule has 4 nitrogen and oxygen atoms in total. The number of pyridine rings is 1. The molecule has 56 heavy (non-hydrogen) atoms. The van der Waals surface area contributed by atoms with Gasteiger partial charge in [-0.3, -0.25) is 0 Å². The van der Waals surface area contributed by atoms with Gasteiger partial charge in [0, 0.05) is 27.6 Å². The van der Waals surface area contributed by atoms with Gasteiger partial charge in [-0.2, -0.15) is 0 Å². The van der Waals surface area contributed by atoms with Crippen molar-refractivity contribution in [3.8, 4) is 78.8 Å². The third-order valence-corrected chi connectivity index (χ3v) is 10.3. The summed E-state index contributed by atoms with van der Waals surface area (Å²) in [4.78, 5) is 20.0. The Balaban J connectivity index is 1.04. The minimum atomic E-state index is 0.637. The van der Waals surface area contributed by atoms with Gasteiger partial charge in [0.1, 0.15) is 0 Å². The van der Waals surface area contributed by atoms with Gasteiger partial charge in [-0.05, 0) is 74.5 Å². The Hall–Kier alpha value is -7.56. The molecule has 0 bridgehead atoms. The van der Waals surface area contributed by atoms with E-state index in [0.717, 1.165) is 61.1 Å². The Kier molecular flexibility index (Phi) is 8.47. The van der Waals surface area contributed by atoms with Crippen molar-refractivity contribution >= 4 is 21.7 Å². The Bertz CT molecular complexity index is 2940. The average molecular weight is 715 g/mol. The number of fused-ring (bicyclic) bond motifs is 3. The molecule has 0 aliphatic rings. The third kappa shape index (κ3) is 6.40. The normalized spacial score (nSPS) is 11.2. The minimum absolute atomic E-state index is 0.637. The molecule has 0 fully saturated rings. The van der Waals surface area contributed by atoms with Gasteiger partial charge < -0.3 is 0 Å². The first-order chi connectivity index (χ1) is 27.7. The zero-order valence-corrected chi connectivity index (χ0v) is 30.4. The maximum atomic E-state index is 5.16. The SMILES string of the molecule is c1ccc(-c2cc(-c3ccccc3)c3c(ccc4cc(-c5cccc(-c6cccc(-c7nc(-c8ccccc8)nc(-c8ccccc8)n7)c6)c5)ccc43)n2)cc1. The molecule has 262 valence electrons. The van der Waals surface area contributed by atoms with E-state index in [1.165, 1.54) is 21.9 Å². The lowest BCUT2D eigenvalue weighted by Crippen LogP contribution is -2.00. The van der Waals surface area contributed by atoms with Crippen LogP contribution in [-0.2, 0) is 0 Å². The van der Waals surface area contributed by atoms with Crippen molar-refractivity contribution < 1.29 is 0 Å². The third-order valence-electron chi connectivity index (χ3n) is 10.3. The smallest absolute Gasteiger partial charge is 0.164 e. The predicted molar refractivity (Wildman–Crippen MR) is 231 cm³/mol. The van der Waals surface area contributed by atoms with E-state index >= 15 is 0 Å². The zero-order valence-electron chi connectivity index (χ0n) is 30.4. The molecule has 0 saturated carbocycles. The van der Waals surface area contributed by atoms with E-state index in [0.29, 0.717) is 17.5 Å². The van der Waals surface area contributed by atoms with Gasteiger partial charge in [-0.25, -0.2) is 19.9 Å². The van der Waals surface area contributed by atoms with Crippen molar-refractivity contribution in [3.63, 3.8) is 0 Å². The Labute approximate surface area is 325 Å². The largest absolute Gasteiger partial charge is 0.248 e. The van der Waals surface area contributed by atoms with Crippen LogP contribution >= 0.6 is 0 Å². The molecule has 2 heterocycles. The first-order valence-corrected chi connectivity index (χ1v) is 18.8. The molecule has 0 spiro atoms. The Morgan fingerprint density at radius 1 is 0.268 bits per heavy atom. The Morgan fingerprint density at radius 2 is 0.714 bits per heavy atom. The van der Waals surface area contributed by atoms with E-state index in [1.54, 1.807) is 0 Å². The van der Waals surface area contributed by atoms with Gasteiger partial charge in [-0.15, -0.1) is 0 Å². The molecule has 0 saturated heterocycles. The molecule has 2 aromatic heterocycles. The lowest BCUT2D eigenvalue weighted by atomic mass is 9.92. The van der Waals surface area contributed by atoms with E-state index in [-0.39, 0.29) is 0 Å². The maximum Gasteiger partial charge on any atom is 0.164 e. The van der Waals surface area contributed by atoms with Crippen molar-refractivity contribution in [2.45, 2.75) is 0 Å². The van der Waals surface area contributed by atoms with Crippen LogP contribution in [0.2, 0.25) is 0 Å². The lowest BCUT2D eigenvalue weighted by molar-refractivity contribution is 1.07. The summed E-state index contributed by atoms with van der Waals surface area (Å²) in [6.45, 7) is 0. The first-order valence-electron chi connectivity index (χ1n) is 18.8. The number of aromatic nitrogens is 4. The Morgan fingerprint density at radius 3 is 1.29 bits per heavy atom. The predicted octanol–water partition coefficient (Wildman–Crippen LogP) is 13.2. The summed E-state index contributed by atoms with van der Waals surface area (Å²) >= 11 is 0. The van der Waals surface area contributed by atoms with Crippen LogP contribution in [0.25, 0.3) is 100 Å². The topological polar surface area (TPSA) is 51.6 Å². The number of rotatable bonds is 7. The van der Waals surface area contributed by atoms with Crippen LogP contribution in [0.4, 0.5) is 0 Å². The molecule has 10 rings (SSSR count). The second kappa shape index (κ2) is 14.3. The molecule has 0 amide bonds. The van der Waals surface area contributed by atoms with Crippen LogP contribution in [0.1, 0.15) is 0 Å². The molecule has 0 atom stereocenters. The monoisotopic (exact) mass is 714 g/mol. The van der Waals surface area contributed by atoms with Gasteiger partial charge in [0.25, 0.3) is 0 Å². The fraction of sp³-hybridized carbons (Fsp3) is 0. The fourth-order valence-electron chi connectivity index (χ4n) is 7.50. The summed E-state index contributed by atoms with van der Waals surface area (Å²) in [6, 6.07) is 71.8. The van der Waals surface area contributed by atoms with Gasteiger partial charge in [0.05, 0.1) is 11.2 Å². The van der Waals surface area contributed by atoms with E-state index < -0.39 is 0 Å². The number of nitrogens with zero attached hydrogens (tertiary/aromatic N) is 4. The maximum absolute atomic E-state index is 5.16. The van der Waals surface area contributed by atoms with Crippen LogP contribution < -0.4 is 0 Å². The van der Waals surface area contributed by atoms with Crippen LogP contribution in [0.3, 0.4) is 0 Å². The fourth-order valence-corrected chi connectivity index (χ4v) is 7.50. The number of hydrogen-bond acceptors (Lipinski definition) is 4. The van der Waals surface area contributed by atoms with E-state index in [4.69, 9.17) is 19.9 Å². The molecule has 0 N–H and O–H groups in total. The number of benzene rings is 8. The highest BCUT2D eigenvalue weighted by Crippen LogP contribution is 2.38. The summed E-state index contributed by atoms with van der Waals surface area (Å²) in [7, 11) is 0. The quantitative estimate of drug-likeness (QED) is 0.154. The van der Waals surface area contributed by atoms with Gasteiger partial charge in [0.2, 0.25) is 0 Å². The van der Waals surface area contributed by atoms with Gasteiger partial charge in [0.15, 0.2) is 17.5 Å². The van der Waals surface area contributed by atoms with Gasteiger partial charge in [-0.1, -0.05) is 176 Å². The summed E-state index contributed by atoms with van der Waals surface area (Å²) in [5, 5.41) is 3.52. The molecule has 8 aromatic carbocycles. The molecule has 0 radical (unpaired) electrons. The minimum Gasteiger partial charge on any atom is -0.248 e. The zero-order chi connectivity index (χ0) is 37.3. The average Bonchev–Trinajstić information content (AvgIpc) is 3.29. The van der Waals surface area contributed by atoms with Crippen molar-refractivity contribution in [1.82, 2.24) is 19.9 Å². The van der Waals surface area contributed by atoms with Crippen LogP contribution in [-0.4, -0.2) is 19.9 Å². The molecular weight excluding hydrogens is 681 g/mol. The summed E-state index contributed by atoms with van der Waals surface area (Å²) in [5.41, 5.74) is 12.8. The highest BCUT2D eigenvalue weighted by atomic mass is 15.0. The van der Waals surface area contributed by atoms with E-state index in [1.807, 2.05) is 66.7 Å².